The second-order valence-corrected chi connectivity index (χ2v) is 7.75. The number of sulfonamides is 1. The topological polar surface area (TPSA) is 83.9 Å². The molecule has 1 unspecified atom stereocenters. The zero-order valence-corrected chi connectivity index (χ0v) is 14.1. The molecule has 0 saturated carbocycles. The normalized spacial score (nSPS) is 20.8. The van der Waals surface area contributed by atoms with Crippen LogP contribution >= 0.6 is 31.9 Å². The van der Waals surface area contributed by atoms with Gasteiger partial charge in [0.2, 0.25) is 10.0 Å². The van der Waals surface area contributed by atoms with Crippen molar-refractivity contribution in [3.05, 3.63) is 27.1 Å². The molecule has 1 aliphatic heterocycles. The molecule has 110 valence electrons. The summed E-state index contributed by atoms with van der Waals surface area (Å²) in [6.07, 6.45) is 0. The largest absolute Gasteiger partial charge is 0.480 e. The first-order chi connectivity index (χ1) is 9.34. The van der Waals surface area contributed by atoms with Gasteiger partial charge in [0, 0.05) is 15.5 Å². The molecule has 1 aliphatic rings. The highest BCUT2D eigenvalue weighted by atomic mass is 79.9. The van der Waals surface area contributed by atoms with Crippen LogP contribution in [0.1, 0.15) is 0 Å². The molecule has 0 bridgehead atoms. The molecule has 9 heteroatoms. The number of halogens is 2. The number of hydrogen-bond donors (Lipinski definition) is 1. The molecule has 0 aromatic heterocycles. The smallest absolute Gasteiger partial charge is 0.324 e. The highest BCUT2D eigenvalue weighted by Crippen LogP contribution is 2.29. The van der Waals surface area contributed by atoms with E-state index in [1.807, 2.05) is 0 Å². The summed E-state index contributed by atoms with van der Waals surface area (Å²) in [6, 6.07) is 3.42. The van der Waals surface area contributed by atoms with Crippen molar-refractivity contribution in [3.8, 4) is 0 Å². The third-order valence-corrected chi connectivity index (χ3v) is 6.22. The SMILES string of the molecule is O=C(O)C1COCCN1S(=O)(=O)c1ccc(Br)cc1Br. The van der Waals surface area contributed by atoms with Crippen molar-refractivity contribution < 1.29 is 23.1 Å². The van der Waals surface area contributed by atoms with Crippen LogP contribution in [0.2, 0.25) is 0 Å². The van der Waals surface area contributed by atoms with Gasteiger partial charge >= 0.3 is 5.97 Å². The maximum atomic E-state index is 12.6. The molecular formula is C11H11Br2NO5S. The van der Waals surface area contributed by atoms with E-state index in [0.717, 1.165) is 8.78 Å². The summed E-state index contributed by atoms with van der Waals surface area (Å²) in [5.74, 6) is -1.22. The number of rotatable bonds is 3. The van der Waals surface area contributed by atoms with Gasteiger partial charge in [-0.25, -0.2) is 8.42 Å². The van der Waals surface area contributed by atoms with E-state index in [9.17, 15) is 13.2 Å². The maximum Gasteiger partial charge on any atom is 0.324 e. The first-order valence-corrected chi connectivity index (χ1v) is 8.64. The monoisotopic (exact) mass is 427 g/mol. The number of carboxylic acid groups (broad SMARTS) is 1. The zero-order chi connectivity index (χ0) is 14.9. The summed E-state index contributed by atoms with van der Waals surface area (Å²) >= 11 is 6.43. The summed E-state index contributed by atoms with van der Waals surface area (Å²) in [6.45, 7) is 0.0433. The lowest BCUT2D eigenvalue weighted by Gasteiger charge is -2.32. The van der Waals surface area contributed by atoms with Crippen LogP contribution in [0.25, 0.3) is 0 Å². The van der Waals surface area contributed by atoms with E-state index in [1.54, 1.807) is 12.1 Å². The molecular weight excluding hydrogens is 418 g/mol. The van der Waals surface area contributed by atoms with E-state index in [1.165, 1.54) is 6.07 Å². The van der Waals surface area contributed by atoms with Crippen molar-refractivity contribution in [2.75, 3.05) is 19.8 Å². The Hall–Kier alpha value is -0.480. The van der Waals surface area contributed by atoms with E-state index >= 15 is 0 Å². The molecule has 0 aliphatic carbocycles. The Morgan fingerprint density at radius 1 is 1.40 bits per heavy atom. The van der Waals surface area contributed by atoms with Crippen molar-refractivity contribution in [1.82, 2.24) is 4.31 Å². The van der Waals surface area contributed by atoms with Crippen LogP contribution < -0.4 is 0 Å². The molecule has 1 aromatic rings. The number of nitrogens with zero attached hydrogens (tertiary/aromatic N) is 1. The molecule has 1 aromatic carbocycles. The fourth-order valence-electron chi connectivity index (χ4n) is 1.88. The van der Waals surface area contributed by atoms with Crippen LogP contribution in [0.3, 0.4) is 0 Å². The maximum absolute atomic E-state index is 12.6. The minimum absolute atomic E-state index is 0.0157. The van der Waals surface area contributed by atoms with Crippen LogP contribution in [0.4, 0.5) is 0 Å². The first kappa shape index (κ1) is 15.9. The summed E-state index contributed by atoms with van der Waals surface area (Å²) in [5.41, 5.74) is 0. The minimum atomic E-state index is -3.90. The molecule has 1 N–H and O–H groups in total. The molecule has 0 amide bonds. The van der Waals surface area contributed by atoms with Gasteiger partial charge in [-0.05, 0) is 34.1 Å². The molecule has 0 spiro atoms. The number of ether oxygens (including phenoxy) is 1. The Morgan fingerprint density at radius 2 is 2.10 bits per heavy atom. The van der Waals surface area contributed by atoms with Gasteiger partial charge in [-0.15, -0.1) is 0 Å². The lowest BCUT2D eigenvalue weighted by molar-refractivity contribution is -0.146. The van der Waals surface area contributed by atoms with E-state index in [-0.39, 0.29) is 24.7 Å². The number of hydrogen-bond acceptors (Lipinski definition) is 4. The summed E-state index contributed by atoms with van der Waals surface area (Å²) in [4.78, 5) is 11.2. The predicted molar refractivity (Wildman–Crippen MR) is 78.0 cm³/mol. The van der Waals surface area contributed by atoms with Gasteiger partial charge < -0.3 is 9.84 Å². The van der Waals surface area contributed by atoms with Crippen molar-refractivity contribution >= 4 is 47.9 Å². The van der Waals surface area contributed by atoms with E-state index in [4.69, 9.17) is 9.84 Å². The number of carboxylic acids is 1. The van der Waals surface area contributed by atoms with Gasteiger partial charge in [0.1, 0.15) is 6.04 Å². The molecule has 1 fully saturated rings. The van der Waals surface area contributed by atoms with Crippen molar-refractivity contribution in [2.45, 2.75) is 10.9 Å². The Labute approximate surface area is 133 Å². The number of morpholine rings is 1. The van der Waals surface area contributed by atoms with Crippen molar-refractivity contribution in [3.63, 3.8) is 0 Å². The van der Waals surface area contributed by atoms with Crippen molar-refractivity contribution in [2.24, 2.45) is 0 Å². The number of carbonyl (C=O) groups is 1. The van der Waals surface area contributed by atoms with Crippen LogP contribution in [0, 0.1) is 0 Å². The fourth-order valence-corrected chi connectivity index (χ4v) is 5.14. The third kappa shape index (κ3) is 3.06. The van der Waals surface area contributed by atoms with Gasteiger partial charge in [0.25, 0.3) is 0 Å². The average molecular weight is 429 g/mol. The molecule has 2 rings (SSSR count). The number of benzene rings is 1. The molecule has 20 heavy (non-hydrogen) atoms. The van der Waals surface area contributed by atoms with Gasteiger partial charge in [0.15, 0.2) is 0 Å². The molecule has 0 radical (unpaired) electrons. The Morgan fingerprint density at radius 3 is 2.70 bits per heavy atom. The quantitative estimate of drug-likeness (QED) is 0.791. The second kappa shape index (κ2) is 6.10. The van der Waals surface area contributed by atoms with Crippen LogP contribution in [-0.4, -0.2) is 49.6 Å². The van der Waals surface area contributed by atoms with Gasteiger partial charge in [-0.3, -0.25) is 4.79 Å². The third-order valence-electron chi connectivity index (χ3n) is 2.84. The predicted octanol–water partition coefficient (Wildman–Crippen LogP) is 1.69. The zero-order valence-electron chi connectivity index (χ0n) is 10.1. The summed E-state index contributed by atoms with van der Waals surface area (Å²) in [7, 11) is -3.90. The molecule has 1 heterocycles. The lowest BCUT2D eigenvalue weighted by Crippen LogP contribution is -2.52. The summed E-state index contributed by atoms with van der Waals surface area (Å²) in [5, 5.41) is 9.13. The van der Waals surface area contributed by atoms with Crippen LogP contribution in [0.5, 0.6) is 0 Å². The highest BCUT2D eigenvalue weighted by molar-refractivity contribution is 9.11. The molecule has 1 atom stereocenters. The Balaban J connectivity index is 2.45. The standard InChI is InChI=1S/C11H11Br2NO5S/c12-7-1-2-10(8(13)5-7)20(17,18)14-3-4-19-6-9(14)11(15)16/h1-2,5,9H,3-4,6H2,(H,15,16). The Kier molecular flexibility index (Phi) is 4.85. The second-order valence-electron chi connectivity index (χ2n) is 4.12. The average Bonchev–Trinajstić information content (AvgIpc) is 2.38. The fraction of sp³-hybridized carbons (Fsp3) is 0.364. The van der Waals surface area contributed by atoms with Gasteiger partial charge in [0.05, 0.1) is 18.1 Å². The van der Waals surface area contributed by atoms with Crippen LogP contribution in [0.15, 0.2) is 32.0 Å². The van der Waals surface area contributed by atoms with Crippen molar-refractivity contribution in [1.29, 1.82) is 0 Å². The Bertz CT molecular complexity index is 634. The van der Waals surface area contributed by atoms with Gasteiger partial charge in [-0.1, -0.05) is 15.9 Å². The molecule has 6 nitrogen and oxygen atoms in total. The number of aliphatic carboxylic acids is 1. The lowest BCUT2D eigenvalue weighted by atomic mass is 10.3. The minimum Gasteiger partial charge on any atom is -0.480 e. The van der Waals surface area contributed by atoms with Crippen LogP contribution in [-0.2, 0) is 19.6 Å². The van der Waals surface area contributed by atoms with E-state index < -0.39 is 22.0 Å². The van der Waals surface area contributed by atoms with Gasteiger partial charge in [-0.2, -0.15) is 4.31 Å². The summed E-state index contributed by atoms with van der Waals surface area (Å²) < 4.78 is 32.3. The van der Waals surface area contributed by atoms with E-state index in [2.05, 4.69) is 31.9 Å². The van der Waals surface area contributed by atoms with E-state index in [0.29, 0.717) is 4.47 Å². The highest BCUT2D eigenvalue weighted by Gasteiger charge is 2.39. The molecule has 1 saturated heterocycles. The first-order valence-electron chi connectivity index (χ1n) is 5.61.